The van der Waals surface area contributed by atoms with E-state index in [1.165, 1.54) is 49.6 Å². The van der Waals surface area contributed by atoms with Crippen molar-refractivity contribution < 1.29 is 23.5 Å². The number of nitrogens with one attached hydrogen (secondary N) is 2. The molecule has 0 fully saturated rings. The number of methoxy groups -OCH3 is 1. The maximum absolute atomic E-state index is 12.8. The van der Waals surface area contributed by atoms with Gasteiger partial charge >= 0.3 is 17.8 Å². The minimum atomic E-state index is -0.876. The van der Waals surface area contributed by atoms with Crippen LogP contribution >= 0.6 is 0 Å². The van der Waals surface area contributed by atoms with Gasteiger partial charge in [0.2, 0.25) is 0 Å². The van der Waals surface area contributed by atoms with Crippen molar-refractivity contribution in [3.05, 3.63) is 65.5 Å². The highest BCUT2D eigenvalue weighted by molar-refractivity contribution is 6.39. The summed E-state index contributed by atoms with van der Waals surface area (Å²) in [5.74, 6) is -2.65. The maximum Gasteiger partial charge on any atom is 0.337 e. The highest BCUT2D eigenvalue weighted by Gasteiger charge is 2.14. The number of halogens is 1. The van der Waals surface area contributed by atoms with Gasteiger partial charge in [0.25, 0.3) is 0 Å². The van der Waals surface area contributed by atoms with Gasteiger partial charge in [0.05, 0.1) is 12.7 Å². The van der Waals surface area contributed by atoms with E-state index in [-0.39, 0.29) is 17.9 Å². The van der Waals surface area contributed by atoms with Gasteiger partial charge in [-0.25, -0.2) is 9.18 Å². The summed E-state index contributed by atoms with van der Waals surface area (Å²) in [6.45, 7) is 0.0920. The standard InChI is InChI=1S/C17H15FN2O4/c1-24-17(23)12-3-2-4-14(9-12)20-16(22)15(21)19-10-11-5-7-13(18)8-6-11/h2-9H,10H2,1H3,(H,19,21)(H,20,22). The molecule has 0 saturated carbocycles. The molecular weight excluding hydrogens is 315 g/mol. The average Bonchev–Trinajstić information content (AvgIpc) is 2.60. The van der Waals surface area contributed by atoms with E-state index in [2.05, 4.69) is 15.4 Å². The van der Waals surface area contributed by atoms with Gasteiger partial charge in [0.1, 0.15) is 5.82 Å². The van der Waals surface area contributed by atoms with Crippen LogP contribution in [-0.4, -0.2) is 24.9 Å². The van der Waals surface area contributed by atoms with Crippen molar-refractivity contribution in [3.63, 3.8) is 0 Å². The molecular formula is C17H15FN2O4. The van der Waals surface area contributed by atoms with Crippen molar-refractivity contribution in [3.8, 4) is 0 Å². The minimum absolute atomic E-state index is 0.0920. The van der Waals surface area contributed by atoms with Crippen LogP contribution in [0.2, 0.25) is 0 Å². The first-order chi connectivity index (χ1) is 11.5. The number of esters is 1. The number of hydrogen-bond acceptors (Lipinski definition) is 4. The lowest BCUT2D eigenvalue weighted by molar-refractivity contribution is -0.136. The number of carbonyl (C=O) groups is 3. The lowest BCUT2D eigenvalue weighted by Crippen LogP contribution is -2.35. The van der Waals surface area contributed by atoms with Crippen molar-refractivity contribution in [2.75, 3.05) is 12.4 Å². The third-order valence-corrected chi connectivity index (χ3v) is 3.11. The molecule has 2 N–H and O–H groups in total. The number of rotatable bonds is 4. The minimum Gasteiger partial charge on any atom is -0.465 e. The maximum atomic E-state index is 12.8. The fourth-order valence-corrected chi connectivity index (χ4v) is 1.89. The number of carbonyl (C=O) groups excluding carboxylic acids is 3. The van der Waals surface area contributed by atoms with Crippen molar-refractivity contribution in [1.29, 1.82) is 0 Å². The van der Waals surface area contributed by atoms with Crippen LogP contribution in [0.25, 0.3) is 0 Å². The second-order valence-corrected chi connectivity index (χ2v) is 4.84. The Kier molecular flexibility index (Phi) is 5.62. The summed E-state index contributed by atoms with van der Waals surface area (Å²) < 4.78 is 17.4. The molecule has 7 heteroatoms. The van der Waals surface area contributed by atoms with Crippen LogP contribution in [0.1, 0.15) is 15.9 Å². The first kappa shape index (κ1) is 17.1. The van der Waals surface area contributed by atoms with E-state index in [1.807, 2.05) is 0 Å². The molecule has 24 heavy (non-hydrogen) atoms. The molecule has 2 aromatic carbocycles. The lowest BCUT2D eigenvalue weighted by Gasteiger charge is -2.08. The van der Waals surface area contributed by atoms with Crippen molar-refractivity contribution >= 4 is 23.5 Å². The van der Waals surface area contributed by atoms with Crippen molar-refractivity contribution in [1.82, 2.24) is 5.32 Å². The van der Waals surface area contributed by atoms with Crippen molar-refractivity contribution in [2.45, 2.75) is 6.54 Å². The van der Waals surface area contributed by atoms with Crippen LogP contribution in [-0.2, 0) is 20.9 Å². The fraction of sp³-hybridized carbons (Fsp3) is 0.118. The zero-order chi connectivity index (χ0) is 17.5. The number of ether oxygens (including phenoxy) is 1. The van der Waals surface area contributed by atoms with Gasteiger partial charge in [-0.15, -0.1) is 0 Å². The number of amides is 2. The number of benzene rings is 2. The van der Waals surface area contributed by atoms with Crippen LogP contribution in [0.15, 0.2) is 48.5 Å². The highest BCUT2D eigenvalue weighted by Crippen LogP contribution is 2.11. The zero-order valence-corrected chi connectivity index (χ0v) is 12.8. The smallest absolute Gasteiger partial charge is 0.337 e. The molecule has 0 heterocycles. The van der Waals surface area contributed by atoms with E-state index in [1.54, 1.807) is 6.07 Å². The lowest BCUT2D eigenvalue weighted by atomic mass is 10.2. The molecule has 0 saturated heterocycles. The van der Waals surface area contributed by atoms with E-state index in [9.17, 15) is 18.8 Å². The second-order valence-electron chi connectivity index (χ2n) is 4.84. The Morgan fingerprint density at radius 2 is 1.75 bits per heavy atom. The monoisotopic (exact) mass is 330 g/mol. The second kappa shape index (κ2) is 7.87. The summed E-state index contributed by atoms with van der Waals surface area (Å²) >= 11 is 0. The first-order valence-electron chi connectivity index (χ1n) is 7.01. The molecule has 0 aliphatic heterocycles. The highest BCUT2D eigenvalue weighted by atomic mass is 19.1. The van der Waals surface area contributed by atoms with E-state index < -0.39 is 17.8 Å². The summed E-state index contributed by atoms with van der Waals surface area (Å²) in [5, 5.41) is 4.81. The van der Waals surface area contributed by atoms with E-state index in [0.29, 0.717) is 11.3 Å². The predicted molar refractivity (Wildman–Crippen MR) is 84.7 cm³/mol. The SMILES string of the molecule is COC(=O)c1cccc(NC(=O)C(=O)NCc2ccc(F)cc2)c1. The third kappa shape index (κ3) is 4.64. The normalized spacial score (nSPS) is 9.92. The Balaban J connectivity index is 1.93. The molecule has 2 amide bonds. The Morgan fingerprint density at radius 1 is 1.04 bits per heavy atom. The molecule has 0 radical (unpaired) electrons. The van der Waals surface area contributed by atoms with Crippen LogP contribution in [0, 0.1) is 5.82 Å². The molecule has 6 nitrogen and oxygen atoms in total. The van der Waals surface area contributed by atoms with Crippen LogP contribution < -0.4 is 10.6 Å². The number of hydrogen-bond donors (Lipinski definition) is 2. The van der Waals surface area contributed by atoms with E-state index in [0.717, 1.165) is 0 Å². The van der Waals surface area contributed by atoms with Gasteiger partial charge in [0, 0.05) is 12.2 Å². The summed E-state index contributed by atoms with van der Waals surface area (Å²) in [6.07, 6.45) is 0. The molecule has 0 spiro atoms. The molecule has 0 unspecified atom stereocenters. The Labute approximate surface area is 137 Å². The molecule has 124 valence electrons. The largest absolute Gasteiger partial charge is 0.465 e. The van der Waals surface area contributed by atoms with E-state index >= 15 is 0 Å². The van der Waals surface area contributed by atoms with Gasteiger partial charge in [-0.3, -0.25) is 9.59 Å². The number of anilines is 1. The summed E-state index contributed by atoms with van der Waals surface area (Å²) in [4.78, 5) is 35.0. The van der Waals surface area contributed by atoms with Crippen LogP contribution in [0.5, 0.6) is 0 Å². The van der Waals surface area contributed by atoms with Gasteiger partial charge in [-0.2, -0.15) is 0 Å². The van der Waals surface area contributed by atoms with Gasteiger partial charge in [-0.05, 0) is 35.9 Å². The van der Waals surface area contributed by atoms with E-state index in [4.69, 9.17) is 0 Å². The summed E-state index contributed by atoms with van der Waals surface area (Å²) in [6, 6.07) is 11.6. The molecule has 0 bridgehead atoms. The van der Waals surface area contributed by atoms with Crippen LogP contribution in [0.3, 0.4) is 0 Å². The first-order valence-corrected chi connectivity index (χ1v) is 7.01. The molecule has 0 aliphatic carbocycles. The molecule has 2 aromatic rings. The summed E-state index contributed by atoms with van der Waals surface area (Å²) in [5.41, 5.74) is 1.20. The zero-order valence-electron chi connectivity index (χ0n) is 12.8. The van der Waals surface area contributed by atoms with Crippen LogP contribution in [0.4, 0.5) is 10.1 Å². The van der Waals surface area contributed by atoms with Gasteiger partial charge in [-0.1, -0.05) is 18.2 Å². The molecule has 2 rings (SSSR count). The molecule has 0 aromatic heterocycles. The third-order valence-electron chi connectivity index (χ3n) is 3.11. The summed E-state index contributed by atoms with van der Waals surface area (Å²) in [7, 11) is 1.25. The predicted octanol–water partition coefficient (Wildman–Crippen LogP) is 1.87. The van der Waals surface area contributed by atoms with Crippen molar-refractivity contribution in [2.24, 2.45) is 0 Å². The molecule has 0 atom stereocenters. The fourth-order valence-electron chi connectivity index (χ4n) is 1.89. The quantitative estimate of drug-likeness (QED) is 0.662. The Bertz CT molecular complexity index is 759. The average molecular weight is 330 g/mol. The Hall–Kier alpha value is -3.22. The van der Waals surface area contributed by atoms with Gasteiger partial charge in [0.15, 0.2) is 0 Å². The van der Waals surface area contributed by atoms with Gasteiger partial charge < -0.3 is 15.4 Å². The Morgan fingerprint density at radius 3 is 2.42 bits per heavy atom. The topological polar surface area (TPSA) is 84.5 Å². The molecule has 0 aliphatic rings.